The molecule has 0 saturated carbocycles. The van der Waals surface area contributed by atoms with Crippen LogP contribution in [-0.4, -0.2) is 77.2 Å². The Morgan fingerprint density at radius 2 is 1.80 bits per heavy atom. The molecule has 1 unspecified atom stereocenters. The summed E-state index contributed by atoms with van der Waals surface area (Å²) in [5.74, 6) is 2.47. The predicted octanol–water partition coefficient (Wildman–Crippen LogP) is 5.79. The average Bonchev–Trinajstić information content (AvgIpc) is 3.35. The van der Waals surface area contributed by atoms with Gasteiger partial charge in [-0.3, -0.25) is 9.69 Å². The molecule has 0 spiro atoms. The molecule has 0 aliphatic carbocycles. The molecule has 1 amide bonds. The Morgan fingerprint density at radius 1 is 1.00 bits per heavy atom. The Labute approximate surface area is 258 Å². The highest BCUT2D eigenvalue weighted by Gasteiger charge is 2.26. The molecule has 230 valence electrons. The van der Waals surface area contributed by atoms with E-state index >= 15 is 0 Å². The van der Waals surface area contributed by atoms with Gasteiger partial charge < -0.3 is 23.7 Å². The molecule has 0 N–H and O–H groups in total. The summed E-state index contributed by atoms with van der Waals surface area (Å²) in [5.41, 5.74) is 5.21. The number of methoxy groups -OCH3 is 1. The van der Waals surface area contributed by atoms with Crippen LogP contribution in [0.3, 0.4) is 0 Å². The van der Waals surface area contributed by atoms with Crippen LogP contribution in [0.4, 0.5) is 0 Å². The summed E-state index contributed by atoms with van der Waals surface area (Å²) in [6, 6.07) is 19.2. The van der Waals surface area contributed by atoms with Crippen LogP contribution in [0.15, 0.2) is 60.7 Å². The second-order valence-electron chi connectivity index (χ2n) is 12.0. The highest BCUT2D eigenvalue weighted by molar-refractivity contribution is 5.95. The third-order valence-corrected chi connectivity index (χ3v) is 8.63. The van der Waals surface area contributed by atoms with Gasteiger partial charge in [-0.25, -0.2) is 9.78 Å². The van der Waals surface area contributed by atoms with Gasteiger partial charge in [0.1, 0.15) is 17.3 Å². The van der Waals surface area contributed by atoms with Crippen molar-refractivity contribution in [1.29, 1.82) is 0 Å². The Balaban J connectivity index is 1.11. The van der Waals surface area contributed by atoms with Crippen LogP contribution in [0.1, 0.15) is 63.9 Å². The number of benzene rings is 3. The molecule has 9 nitrogen and oxygen atoms in total. The number of carbonyl (C=O) groups is 2. The zero-order valence-corrected chi connectivity index (χ0v) is 25.9. The molecule has 2 saturated heterocycles. The molecular formula is C35H40N4O5. The molecule has 6 rings (SSSR count). The number of imidazole rings is 1. The zero-order chi connectivity index (χ0) is 30.8. The zero-order valence-electron chi connectivity index (χ0n) is 25.9. The summed E-state index contributed by atoms with van der Waals surface area (Å²) < 4.78 is 19.0. The fourth-order valence-corrected chi connectivity index (χ4v) is 5.83. The highest BCUT2D eigenvalue weighted by Crippen LogP contribution is 2.29. The lowest BCUT2D eigenvalue weighted by molar-refractivity contribution is -0.0592. The Hall–Kier alpha value is -4.21. The molecule has 9 heteroatoms. The van der Waals surface area contributed by atoms with Gasteiger partial charge in [0.05, 0.1) is 42.9 Å². The first-order valence-electron chi connectivity index (χ1n) is 15.4. The first-order valence-corrected chi connectivity index (χ1v) is 15.4. The van der Waals surface area contributed by atoms with Gasteiger partial charge in [-0.15, -0.1) is 0 Å². The standard InChI is InChI=1S/C35H40N4O5/c1-23(2)25-9-11-32(24(3)18-25)44-28-7-5-6-26(19-28)34(40)38-15-13-37(14-16-38)22-33-36-30-10-8-27(35(41)42-4)20-31(30)39(33)21-29-12-17-43-29/h5-11,18-20,23,29H,12-17,21-22H2,1-4H3. The van der Waals surface area contributed by atoms with Crippen molar-refractivity contribution in [1.82, 2.24) is 19.4 Å². The molecule has 3 aromatic carbocycles. The van der Waals surface area contributed by atoms with Crippen LogP contribution in [0.2, 0.25) is 0 Å². The molecule has 1 aromatic heterocycles. The third kappa shape index (κ3) is 6.34. The first-order chi connectivity index (χ1) is 21.3. The van der Waals surface area contributed by atoms with Crippen molar-refractivity contribution in [2.24, 2.45) is 0 Å². The number of nitrogens with zero attached hydrogens (tertiary/aromatic N) is 4. The molecule has 1 atom stereocenters. The molecule has 2 aliphatic rings. The minimum absolute atomic E-state index is 0.00619. The Bertz CT molecular complexity index is 1670. The number of piperazine rings is 1. The lowest BCUT2D eigenvalue weighted by Gasteiger charge is -2.35. The van der Waals surface area contributed by atoms with E-state index in [1.807, 2.05) is 54.3 Å². The second-order valence-corrected chi connectivity index (χ2v) is 12.0. The monoisotopic (exact) mass is 596 g/mol. The smallest absolute Gasteiger partial charge is 0.337 e. The first kappa shape index (κ1) is 29.8. The number of aryl methyl sites for hydroxylation is 1. The predicted molar refractivity (Wildman–Crippen MR) is 168 cm³/mol. The molecule has 0 radical (unpaired) electrons. The van der Waals surface area contributed by atoms with Crippen LogP contribution < -0.4 is 4.74 Å². The van der Waals surface area contributed by atoms with Crippen LogP contribution in [0, 0.1) is 6.92 Å². The maximum Gasteiger partial charge on any atom is 0.337 e. The molecule has 4 aromatic rings. The molecule has 2 aliphatic heterocycles. The van der Waals surface area contributed by atoms with Gasteiger partial charge in [-0.1, -0.05) is 32.0 Å². The van der Waals surface area contributed by atoms with Crippen molar-refractivity contribution >= 4 is 22.9 Å². The molecule has 3 heterocycles. The number of esters is 1. The Morgan fingerprint density at radius 3 is 2.48 bits per heavy atom. The normalized spacial score (nSPS) is 17.1. The second kappa shape index (κ2) is 12.8. The quantitative estimate of drug-likeness (QED) is 0.226. The van der Waals surface area contributed by atoms with Gasteiger partial charge in [0.25, 0.3) is 5.91 Å². The van der Waals surface area contributed by atoms with Crippen molar-refractivity contribution in [3.8, 4) is 11.5 Å². The van der Waals surface area contributed by atoms with E-state index in [2.05, 4.69) is 35.4 Å². The van der Waals surface area contributed by atoms with E-state index in [1.54, 1.807) is 6.07 Å². The van der Waals surface area contributed by atoms with Crippen molar-refractivity contribution in [3.63, 3.8) is 0 Å². The minimum atomic E-state index is -0.366. The van der Waals surface area contributed by atoms with E-state index < -0.39 is 0 Å². The van der Waals surface area contributed by atoms with E-state index in [1.165, 1.54) is 12.7 Å². The fourth-order valence-electron chi connectivity index (χ4n) is 5.83. The summed E-state index contributed by atoms with van der Waals surface area (Å²) in [7, 11) is 1.39. The van der Waals surface area contributed by atoms with Crippen molar-refractivity contribution in [2.75, 3.05) is 39.9 Å². The maximum atomic E-state index is 13.5. The Kier molecular flexibility index (Phi) is 8.68. The van der Waals surface area contributed by atoms with Crippen LogP contribution in [0.25, 0.3) is 11.0 Å². The van der Waals surface area contributed by atoms with E-state index in [9.17, 15) is 9.59 Å². The van der Waals surface area contributed by atoms with Crippen LogP contribution in [-0.2, 0) is 22.6 Å². The number of ether oxygens (including phenoxy) is 3. The summed E-state index contributed by atoms with van der Waals surface area (Å²) in [5, 5.41) is 0. The summed E-state index contributed by atoms with van der Waals surface area (Å²) >= 11 is 0. The molecule has 0 bridgehead atoms. The minimum Gasteiger partial charge on any atom is -0.465 e. The average molecular weight is 597 g/mol. The van der Waals surface area contributed by atoms with Crippen molar-refractivity contribution in [3.05, 3.63) is 88.7 Å². The van der Waals surface area contributed by atoms with Crippen LogP contribution in [0.5, 0.6) is 11.5 Å². The third-order valence-electron chi connectivity index (χ3n) is 8.63. The largest absolute Gasteiger partial charge is 0.465 e. The number of hydrogen-bond acceptors (Lipinski definition) is 7. The number of hydrogen-bond donors (Lipinski definition) is 0. The van der Waals surface area contributed by atoms with Gasteiger partial charge in [-0.2, -0.15) is 0 Å². The molecule has 44 heavy (non-hydrogen) atoms. The SMILES string of the molecule is COC(=O)c1ccc2nc(CN3CCN(C(=O)c4cccc(Oc5ccc(C(C)C)cc5C)c4)CC3)n(CC3CCO3)c2c1. The maximum absolute atomic E-state index is 13.5. The van der Waals surface area contributed by atoms with E-state index in [0.29, 0.717) is 49.0 Å². The lowest BCUT2D eigenvalue weighted by Crippen LogP contribution is -2.48. The molecule has 2 fully saturated rings. The number of amides is 1. The summed E-state index contributed by atoms with van der Waals surface area (Å²) in [6.07, 6.45) is 1.15. The lowest BCUT2D eigenvalue weighted by atomic mass is 10.0. The van der Waals surface area contributed by atoms with Crippen LogP contribution >= 0.6 is 0 Å². The van der Waals surface area contributed by atoms with E-state index in [0.717, 1.165) is 54.3 Å². The van der Waals surface area contributed by atoms with Gasteiger partial charge in [0.15, 0.2) is 0 Å². The topological polar surface area (TPSA) is 86.1 Å². The molecular weight excluding hydrogens is 556 g/mol. The summed E-state index contributed by atoms with van der Waals surface area (Å²) in [6.45, 7) is 11.2. The number of rotatable bonds is 9. The van der Waals surface area contributed by atoms with Gasteiger partial charge in [0, 0.05) is 38.3 Å². The number of aromatic nitrogens is 2. The fraction of sp³-hybridized carbons (Fsp3) is 0.400. The van der Waals surface area contributed by atoms with Crippen molar-refractivity contribution < 1.29 is 23.8 Å². The van der Waals surface area contributed by atoms with E-state index in [-0.39, 0.29) is 18.0 Å². The summed E-state index contributed by atoms with van der Waals surface area (Å²) in [4.78, 5) is 34.8. The van der Waals surface area contributed by atoms with Gasteiger partial charge >= 0.3 is 5.97 Å². The van der Waals surface area contributed by atoms with Gasteiger partial charge in [-0.05, 0) is 72.9 Å². The van der Waals surface area contributed by atoms with Gasteiger partial charge in [0.2, 0.25) is 0 Å². The number of fused-ring (bicyclic) bond motifs is 1. The highest BCUT2D eigenvalue weighted by atomic mass is 16.5. The van der Waals surface area contributed by atoms with E-state index in [4.69, 9.17) is 19.2 Å². The van der Waals surface area contributed by atoms with Crippen molar-refractivity contribution in [2.45, 2.75) is 52.3 Å². The number of carbonyl (C=O) groups excluding carboxylic acids is 2.